The maximum Gasteiger partial charge on any atom is 0.418 e. The fourth-order valence-corrected chi connectivity index (χ4v) is 3.96. The molecule has 152 valence electrons. The highest BCUT2D eigenvalue weighted by atomic mass is 16.6. The van der Waals surface area contributed by atoms with Gasteiger partial charge in [-0.05, 0) is 17.5 Å². The minimum Gasteiger partial charge on any atom is -0.435 e. The smallest absolute Gasteiger partial charge is 0.418 e. The van der Waals surface area contributed by atoms with Crippen LogP contribution in [0.3, 0.4) is 0 Å². The molecule has 2 aliphatic rings. The molecule has 2 amide bonds. The normalized spacial score (nSPS) is 21.2. The molecule has 0 N–H and O–H groups in total. The first-order chi connectivity index (χ1) is 14.2. The zero-order chi connectivity index (χ0) is 20.1. The summed E-state index contributed by atoms with van der Waals surface area (Å²) in [6.45, 7) is 3.98. The lowest BCUT2D eigenvalue weighted by Gasteiger charge is -2.30. The molecule has 2 saturated heterocycles. The van der Waals surface area contributed by atoms with Gasteiger partial charge < -0.3 is 9.47 Å². The van der Waals surface area contributed by atoms with Crippen molar-refractivity contribution in [3.63, 3.8) is 0 Å². The molecule has 0 aliphatic carbocycles. The standard InChI is InChI=1S/C23H26N2O4/c26-22-21(17-18-7-3-1-4-8-18)29-23(27)25(22)20(19-9-5-2-6-10-19)11-12-24-13-15-28-16-14-24/h1-10,20-21H,11-17H2. The summed E-state index contributed by atoms with van der Waals surface area (Å²) >= 11 is 0. The third kappa shape index (κ3) is 4.66. The number of carbonyl (C=O) groups excluding carboxylic acids is 2. The summed E-state index contributed by atoms with van der Waals surface area (Å²) in [6, 6.07) is 19.1. The van der Waals surface area contributed by atoms with Crippen LogP contribution in [0.25, 0.3) is 0 Å². The molecule has 0 radical (unpaired) electrons. The number of amides is 2. The predicted octanol–water partition coefficient (Wildman–Crippen LogP) is 3.04. The topological polar surface area (TPSA) is 59.1 Å². The molecule has 0 bridgehead atoms. The van der Waals surface area contributed by atoms with Crippen molar-refractivity contribution in [2.24, 2.45) is 0 Å². The molecular weight excluding hydrogens is 368 g/mol. The molecule has 2 aromatic rings. The second-order valence-corrected chi connectivity index (χ2v) is 7.44. The highest BCUT2D eigenvalue weighted by molar-refractivity contribution is 6.00. The van der Waals surface area contributed by atoms with E-state index < -0.39 is 12.2 Å². The minimum atomic E-state index is -0.764. The lowest BCUT2D eigenvalue weighted by atomic mass is 10.0. The van der Waals surface area contributed by atoms with E-state index >= 15 is 0 Å². The molecule has 2 unspecified atom stereocenters. The molecular formula is C23H26N2O4. The Hall–Kier alpha value is -2.70. The first kappa shape index (κ1) is 19.6. The Bertz CT molecular complexity index is 821. The molecule has 2 aromatic carbocycles. The van der Waals surface area contributed by atoms with E-state index in [0.29, 0.717) is 12.8 Å². The SMILES string of the molecule is O=C1OC(Cc2ccccc2)C(=O)N1C(CCN1CCOCC1)c1ccccc1. The van der Waals surface area contributed by atoms with Crippen molar-refractivity contribution >= 4 is 12.0 Å². The number of nitrogens with zero attached hydrogens (tertiary/aromatic N) is 2. The lowest BCUT2D eigenvalue weighted by molar-refractivity contribution is -0.131. The van der Waals surface area contributed by atoms with E-state index in [4.69, 9.17) is 9.47 Å². The van der Waals surface area contributed by atoms with Crippen LogP contribution in [0.2, 0.25) is 0 Å². The lowest BCUT2D eigenvalue weighted by Crippen LogP contribution is -2.40. The van der Waals surface area contributed by atoms with Gasteiger partial charge in [0.15, 0.2) is 6.10 Å². The van der Waals surface area contributed by atoms with Crippen molar-refractivity contribution < 1.29 is 19.1 Å². The Morgan fingerprint density at radius 2 is 1.59 bits per heavy atom. The Morgan fingerprint density at radius 1 is 0.931 bits per heavy atom. The van der Waals surface area contributed by atoms with Crippen molar-refractivity contribution in [3.05, 3.63) is 71.8 Å². The first-order valence-corrected chi connectivity index (χ1v) is 10.1. The van der Waals surface area contributed by atoms with Gasteiger partial charge >= 0.3 is 6.09 Å². The zero-order valence-corrected chi connectivity index (χ0v) is 16.4. The van der Waals surface area contributed by atoms with Gasteiger partial charge in [0.25, 0.3) is 5.91 Å². The number of ether oxygens (including phenoxy) is 2. The van der Waals surface area contributed by atoms with Crippen LogP contribution in [-0.2, 0) is 20.7 Å². The Morgan fingerprint density at radius 3 is 2.28 bits per heavy atom. The predicted molar refractivity (Wildman–Crippen MR) is 108 cm³/mol. The van der Waals surface area contributed by atoms with E-state index in [0.717, 1.165) is 44.0 Å². The summed E-state index contributed by atoms with van der Waals surface area (Å²) in [5.41, 5.74) is 1.93. The van der Waals surface area contributed by atoms with Crippen molar-refractivity contribution in [1.82, 2.24) is 9.80 Å². The van der Waals surface area contributed by atoms with Crippen molar-refractivity contribution in [3.8, 4) is 0 Å². The number of rotatable bonds is 7. The van der Waals surface area contributed by atoms with Crippen molar-refractivity contribution in [1.29, 1.82) is 0 Å². The average molecular weight is 394 g/mol. The molecule has 2 atom stereocenters. The summed E-state index contributed by atoms with van der Waals surface area (Å²) in [7, 11) is 0. The Labute approximate surface area is 171 Å². The summed E-state index contributed by atoms with van der Waals surface area (Å²) < 4.78 is 10.9. The molecule has 29 heavy (non-hydrogen) atoms. The van der Waals surface area contributed by atoms with Crippen molar-refractivity contribution in [2.45, 2.75) is 25.0 Å². The highest BCUT2D eigenvalue weighted by Crippen LogP contribution is 2.31. The molecule has 2 heterocycles. The van der Waals surface area contributed by atoms with Gasteiger partial charge in [-0.2, -0.15) is 0 Å². The van der Waals surface area contributed by atoms with E-state index in [2.05, 4.69) is 4.90 Å². The van der Waals surface area contributed by atoms with Crippen molar-refractivity contribution in [2.75, 3.05) is 32.8 Å². The largest absolute Gasteiger partial charge is 0.435 e. The molecule has 0 aromatic heterocycles. The quantitative estimate of drug-likeness (QED) is 0.722. The van der Waals surface area contributed by atoms with Gasteiger partial charge in [0.1, 0.15) is 0 Å². The van der Waals surface area contributed by atoms with Crippen LogP contribution < -0.4 is 0 Å². The van der Waals surface area contributed by atoms with Crippen LogP contribution >= 0.6 is 0 Å². The van der Waals surface area contributed by atoms with Gasteiger partial charge in [0.2, 0.25) is 0 Å². The number of morpholine rings is 1. The summed E-state index contributed by atoms with van der Waals surface area (Å²) in [6.07, 6.45) is -0.248. The number of benzene rings is 2. The number of imide groups is 1. The number of hydrogen-bond donors (Lipinski definition) is 0. The van der Waals surface area contributed by atoms with Crippen LogP contribution in [0.5, 0.6) is 0 Å². The van der Waals surface area contributed by atoms with Crippen LogP contribution in [0.15, 0.2) is 60.7 Å². The summed E-state index contributed by atoms with van der Waals surface area (Å²) in [5, 5.41) is 0. The van der Waals surface area contributed by atoms with Crippen LogP contribution in [0, 0.1) is 0 Å². The van der Waals surface area contributed by atoms with Crippen LogP contribution in [-0.4, -0.2) is 60.8 Å². The van der Waals surface area contributed by atoms with Gasteiger partial charge in [-0.15, -0.1) is 0 Å². The third-order valence-corrected chi connectivity index (χ3v) is 5.54. The van der Waals surface area contributed by atoms with E-state index in [1.807, 2.05) is 60.7 Å². The van der Waals surface area contributed by atoms with Gasteiger partial charge in [-0.25, -0.2) is 9.69 Å². The third-order valence-electron chi connectivity index (χ3n) is 5.54. The fraction of sp³-hybridized carbons (Fsp3) is 0.391. The second kappa shape index (κ2) is 9.20. The molecule has 0 spiro atoms. The molecule has 2 fully saturated rings. The molecule has 4 rings (SSSR count). The molecule has 0 saturated carbocycles. The zero-order valence-electron chi connectivity index (χ0n) is 16.4. The number of cyclic esters (lactones) is 1. The van der Waals surface area contributed by atoms with Gasteiger partial charge in [-0.3, -0.25) is 9.69 Å². The average Bonchev–Trinajstić information content (AvgIpc) is 3.04. The first-order valence-electron chi connectivity index (χ1n) is 10.1. The molecule has 6 nitrogen and oxygen atoms in total. The second-order valence-electron chi connectivity index (χ2n) is 7.44. The van der Waals surface area contributed by atoms with E-state index in [1.165, 1.54) is 4.90 Å². The fourth-order valence-electron chi connectivity index (χ4n) is 3.96. The maximum absolute atomic E-state index is 13.1. The van der Waals surface area contributed by atoms with Crippen LogP contribution in [0.4, 0.5) is 4.79 Å². The van der Waals surface area contributed by atoms with Crippen LogP contribution in [0.1, 0.15) is 23.6 Å². The van der Waals surface area contributed by atoms with Gasteiger partial charge in [0, 0.05) is 26.1 Å². The number of hydrogen-bond acceptors (Lipinski definition) is 5. The summed E-state index contributed by atoms with van der Waals surface area (Å²) in [4.78, 5) is 29.5. The van der Waals surface area contributed by atoms with E-state index in [1.54, 1.807) is 0 Å². The summed E-state index contributed by atoms with van der Waals surface area (Å²) in [5.74, 6) is -0.255. The molecule has 6 heteroatoms. The van der Waals surface area contributed by atoms with Gasteiger partial charge in [-0.1, -0.05) is 60.7 Å². The highest BCUT2D eigenvalue weighted by Gasteiger charge is 2.44. The minimum absolute atomic E-state index is 0.255. The Kier molecular flexibility index (Phi) is 6.22. The van der Waals surface area contributed by atoms with E-state index in [9.17, 15) is 9.59 Å². The molecule has 2 aliphatic heterocycles. The Balaban J connectivity index is 1.51. The van der Waals surface area contributed by atoms with Gasteiger partial charge in [0.05, 0.1) is 19.3 Å². The maximum atomic E-state index is 13.1. The number of carbonyl (C=O) groups is 2. The monoisotopic (exact) mass is 394 g/mol. The van der Waals surface area contributed by atoms with E-state index in [-0.39, 0.29) is 11.9 Å².